The standard InChI is InChI=1S/C21H21ClN4O2S/c1-13-16(22)6-5-7-17(13)25-18(27)12-29-20-15(11-24)21(8-3-2-4-9-21)14(10-23)19(28)26-20/h5-7,14H,2-4,8-9,12H2,1H3,(H,25,27)(H,26,28). The average Bonchev–Trinajstić information content (AvgIpc) is 2.70. The smallest absolute Gasteiger partial charge is 0.243 e. The van der Waals surface area contributed by atoms with Gasteiger partial charge in [-0.1, -0.05) is 48.7 Å². The normalized spacial score (nSPS) is 20.6. The third-order valence-corrected chi connectivity index (χ3v) is 7.06. The zero-order chi connectivity index (χ0) is 21.0. The summed E-state index contributed by atoms with van der Waals surface area (Å²) < 4.78 is 0. The molecule has 1 aromatic rings. The number of anilines is 1. The van der Waals surface area contributed by atoms with Gasteiger partial charge in [0.05, 0.1) is 28.5 Å². The zero-order valence-corrected chi connectivity index (χ0v) is 17.6. The molecule has 0 aromatic heterocycles. The highest BCUT2D eigenvalue weighted by Gasteiger charge is 2.51. The molecule has 1 aromatic carbocycles. The summed E-state index contributed by atoms with van der Waals surface area (Å²) in [6, 6.07) is 9.61. The molecule has 6 nitrogen and oxygen atoms in total. The van der Waals surface area contributed by atoms with E-state index in [0.29, 0.717) is 34.2 Å². The fourth-order valence-electron chi connectivity index (χ4n) is 4.11. The van der Waals surface area contributed by atoms with Crippen LogP contribution in [0.4, 0.5) is 5.69 Å². The molecule has 2 amide bonds. The van der Waals surface area contributed by atoms with E-state index in [1.807, 2.05) is 6.92 Å². The van der Waals surface area contributed by atoms with Crippen LogP contribution in [0.1, 0.15) is 37.7 Å². The maximum absolute atomic E-state index is 12.6. The first kappa shape index (κ1) is 21.2. The third kappa shape index (κ3) is 4.12. The molecule has 0 saturated heterocycles. The van der Waals surface area contributed by atoms with Gasteiger partial charge in [-0.05, 0) is 37.5 Å². The van der Waals surface area contributed by atoms with Crippen molar-refractivity contribution >= 4 is 40.9 Å². The van der Waals surface area contributed by atoms with Crippen molar-refractivity contribution in [3.8, 4) is 12.1 Å². The Balaban J connectivity index is 1.80. The number of hydrogen-bond acceptors (Lipinski definition) is 5. The van der Waals surface area contributed by atoms with Gasteiger partial charge in [0, 0.05) is 16.1 Å². The Morgan fingerprint density at radius 1 is 1.34 bits per heavy atom. The van der Waals surface area contributed by atoms with Gasteiger partial charge in [-0.25, -0.2) is 0 Å². The molecule has 1 aliphatic carbocycles. The fourth-order valence-corrected chi connectivity index (χ4v) is 5.20. The molecule has 0 bridgehead atoms. The summed E-state index contributed by atoms with van der Waals surface area (Å²) in [6.45, 7) is 1.82. The van der Waals surface area contributed by atoms with E-state index in [2.05, 4.69) is 22.8 Å². The van der Waals surface area contributed by atoms with Gasteiger partial charge in [-0.2, -0.15) is 10.5 Å². The van der Waals surface area contributed by atoms with E-state index in [9.17, 15) is 20.1 Å². The highest BCUT2D eigenvalue weighted by atomic mass is 35.5. The zero-order valence-electron chi connectivity index (χ0n) is 16.0. The first-order valence-electron chi connectivity index (χ1n) is 9.46. The van der Waals surface area contributed by atoms with Gasteiger partial charge in [0.25, 0.3) is 0 Å². The van der Waals surface area contributed by atoms with E-state index >= 15 is 0 Å². The molecule has 0 radical (unpaired) electrons. The van der Waals surface area contributed by atoms with Crippen molar-refractivity contribution in [3.05, 3.63) is 39.4 Å². The molecule has 2 N–H and O–H groups in total. The summed E-state index contributed by atoms with van der Waals surface area (Å²) >= 11 is 7.21. The van der Waals surface area contributed by atoms with Crippen LogP contribution in [0.3, 0.4) is 0 Å². The van der Waals surface area contributed by atoms with Crippen LogP contribution in [0.15, 0.2) is 28.8 Å². The van der Waals surface area contributed by atoms with Crippen LogP contribution >= 0.6 is 23.4 Å². The third-order valence-electron chi connectivity index (χ3n) is 5.65. The topological polar surface area (TPSA) is 106 Å². The van der Waals surface area contributed by atoms with E-state index in [-0.39, 0.29) is 17.6 Å². The van der Waals surface area contributed by atoms with E-state index < -0.39 is 11.3 Å². The van der Waals surface area contributed by atoms with Gasteiger partial charge in [0.1, 0.15) is 5.92 Å². The first-order chi connectivity index (χ1) is 13.9. The largest absolute Gasteiger partial charge is 0.325 e. The summed E-state index contributed by atoms with van der Waals surface area (Å²) in [4.78, 5) is 25.0. The van der Waals surface area contributed by atoms with Crippen LogP contribution in [0.5, 0.6) is 0 Å². The highest BCUT2D eigenvalue weighted by Crippen LogP contribution is 2.51. The number of nitrogens with zero attached hydrogens (tertiary/aromatic N) is 2. The van der Waals surface area contributed by atoms with Crippen LogP contribution in [0.2, 0.25) is 5.02 Å². The Labute approximate surface area is 179 Å². The van der Waals surface area contributed by atoms with Crippen molar-refractivity contribution in [3.63, 3.8) is 0 Å². The number of nitrogens with one attached hydrogen (secondary N) is 2. The van der Waals surface area contributed by atoms with Crippen LogP contribution in [0, 0.1) is 40.9 Å². The van der Waals surface area contributed by atoms with Crippen molar-refractivity contribution in [2.75, 3.05) is 11.1 Å². The van der Waals surface area contributed by atoms with Crippen LogP contribution < -0.4 is 10.6 Å². The van der Waals surface area contributed by atoms with Gasteiger partial charge in [0.2, 0.25) is 11.8 Å². The van der Waals surface area contributed by atoms with E-state index in [1.165, 1.54) is 0 Å². The van der Waals surface area contributed by atoms with Crippen LogP contribution in [0.25, 0.3) is 0 Å². The maximum Gasteiger partial charge on any atom is 0.243 e. The monoisotopic (exact) mass is 428 g/mol. The van der Waals surface area contributed by atoms with Crippen molar-refractivity contribution in [2.24, 2.45) is 11.3 Å². The number of thioether (sulfide) groups is 1. The molecule has 1 saturated carbocycles. The summed E-state index contributed by atoms with van der Waals surface area (Å²) in [5.74, 6) is -1.49. The molecule has 1 heterocycles. The number of rotatable bonds is 4. The summed E-state index contributed by atoms with van der Waals surface area (Å²) in [5, 5.41) is 25.9. The molecule has 2 aliphatic rings. The summed E-state index contributed by atoms with van der Waals surface area (Å²) in [7, 11) is 0. The summed E-state index contributed by atoms with van der Waals surface area (Å²) in [6.07, 6.45) is 4.06. The van der Waals surface area contributed by atoms with Gasteiger partial charge < -0.3 is 10.6 Å². The number of carbonyl (C=O) groups is 2. The van der Waals surface area contributed by atoms with Crippen LogP contribution in [-0.4, -0.2) is 17.6 Å². The second-order valence-electron chi connectivity index (χ2n) is 7.33. The van der Waals surface area contributed by atoms with E-state index in [0.717, 1.165) is 36.6 Å². The number of benzene rings is 1. The minimum atomic E-state index is -0.871. The number of amides is 2. The van der Waals surface area contributed by atoms with E-state index in [1.54, 1.807) is 18.2 Å². The second-order valence-corrected chi connectivity index (χ2v) is 8.73. The Hall–Kier alpha value is -2.48. The SMILES string of the molecule is Cc1c(Cl)cccc1NC(=O)CSC1=C(C#N)C2(CCCCC2)C(C#N)C(=O)N1. The molecule has 1 atom stereocenters. The number of halogens is 1. The average molecular weight is 429 g/mol. The molecule has 150 valence electrons. The Bertz CT molecular complexity index is 954. The predicted molar refractivity (Wildman–Crippen MR) is 113 cm³/mol. The van der Waals surface area contributed by atoms with Crippen LogP contribution in [-0.2, 0) is 9.59 Å². The van der Waals surface area contributed by atoms with Crippen molar-refractivity contribution < 1.29 is 9.59 Å². The lowest BCUT2D eigenvalue weighted by molar-refractivity contribution is -0.126. The molecule has 1 fully saturated rings. The molecular weight excluding hydrogens is 408 g/mol. The number of allylic oxidation sites excluding steroid dienone is 1. The predicted octanol–water partition coefficient (Wildman–Crippen LogP) is 4.28. The molecule has 8 heteroatoms. The minimum Gasteiger partial charge on any atom is -0.325 e. The lowest BCUT2D eigenvalue weighted by Gasteiger charge is -2.43. The molecule has 1 aliphatic heterocycles. The van der Waals surface area contributed by atoms with Gasteiger partial charge in [-0.3, -0.25) is 9.59 Å². The number of carbonyl (C=O) groups excluding carboxylic acids is 2. The van der Waals surface area contributed by atoms with Gasteiger partial charge in [0.15, 0.2) is 0 Å². The fraction of sp³-hybridized carbons (Fsp3) is 0.429. The summed E-state index contributed by atoms with van der Waals surface area (Å²) in [5.41, 5.74) is 1.08. The molecule has 29 heavy (non-hydrogen) atoms. The molecule has 1 spiro atoms. The lowest BCUT2D eigenvalue weighted by atomic mass is 9.61. The van der Waals surface area contributed by atoms with Crippen molar-refractivity contribution in [2.45, 2.75) is 39.0 Å². The van der Waals surface area contributed by atoms with Gasteiger partial charge >= 0.3 is 0 Å². The quantitative estimate of drug-likeness (QED) is 0.744. The Morgan fingerprint density at radius 3 is 2.72 bits per heavy atom. The minimum absolute atomic E-state index is 0.0278. The van der Waals surface area contributed by atoms with Crippen molar-refractivity contribution in [1.82, 2.24) is 5.32 Å². The second kappa shape index (κ2) is 8.90. The van der Waals surface area contributed by atoms with Gasteiger partial charge in [-0.15, -0.1) is 0 Å². The Morgan fingerprint density at radius 2 is 2.07 bits per heavy atom. The highest BCUT2D eigenvalue weighted by molar-refractivity contribution is 8.03. The molecular formula is C21H21ClN4O2S. The Kier molecular flexibility index (Phi) is 6.52. The van der Waals surface area contributed by atoms with Crippen molar-refractivity contribution in [1.29, 1.82) is 10.5 Å². The number of hydrogen-bond donors (Lipinski definition) is 2. The van der Waals surface area contributed by atoms with E-state index in [4.69, 9.17) is 11.6 Å². The maximum atomic E-state index is 12.6. The number of nitriles is 2. The lowest BCUT2D eigenvalue weighted by Crippen LogP contribution is -2.48. The molecule has 3 rings (SSSR count). The molecule has 1 unspecified atom stereocenters. The first-order valence-corrected chi connectivity index (χ1v) is 10.8.